The average Bonchev–Trinajstić information content (AvgIpc) is 3.81. The van der Waals surface area contributed by atoms with Crippen molar-refractivity contribution in [1.29, 1.82) is 0 Å². The summed E-state index contributed by atoms with van der Waals surface area (Å²) in [5.41, 5.74) is 4.12. The topological polar surface area (TPSA) is 117 Å². The van der Waals surface area contributed by atoms with Crippen LogP contribution in [0.5, 0.6) is 0 Å². The van der Waals surface area contributed by atoms with E-state index < -0.39 is 22.8 Å². The van der Waals surface area contributed by atoms with Crippen LogP contribution in [0.25, 0.3) is 6.08 Å². The summed E-state index contributed by atoms with van der Waals surface area (Å²) in [6, 6.07) is 64.6. The molecule has 11 heteroatoms. The minimum Gasteiger partial charge on any atom is -0.444 e. The number of hydrogen-bond donors (Lipinski definition) is 1. The van der Waals surface area contributed by atoms with Crippen LogP contribution in [0.15, 0.2) is 205 Å². The van der Waals surface area contributed by atoms with Crippen LogP contribution in [0.4, 0.5) is 10.5 Å². The molecule has 1 fully saturated rings. The number of amidine groups is 1. The van der Waals surface area contributed by atoms with Gasteiger partial charge in [0.1, 0.15) is 22.5 Å². The molecule has 376 valence electrons. The standard InChI is InChI=1S/C63H64N6O5/c1-6-39-68(73-7-2)59(71)46-41-55-56(42-47(44-64-55)58(70)67-40-38-54(45-67)65-60(72)74-61(3,4)5)66-57(43-46)69(62(48-26-14-8-15-27-48,49-28-16-9-17-29-49)50-30-18-10-19-31-50)63(51-32-20-11-21-33-51,52-34-22-12-23-35-52)53-36-24-13-25-37-53/h8-37,41-42,44,54H,6-7,38-40,43,45H2,1-5H3,(H,65,72). The van der Waals surface area contributed by atoms with Gasteiger partial charge in [0.2, 0.25) is 0 Å². The minimum atomic E-state index is -1.22. The number of alkyl carbamates (subject to hydrolysis) is 1. The van der Waals surface area contributed by atoms with Gasteiger partial charge in [-0.15, -0.1) is 0 Å². The molecule has 74 heavy (non-hydrogen) atoms. The van der Waals surface area contributed by atoms with Gasteiger partial charge in [-0.25, -0.2) is 14.9 Å². The molecule has 0 aliphatic carbocycles. The summed E-state index contributed by atoms with van der Waals surface area (Å²) in [7, 11) is 0. The number of aliphatic imine (C=N–C) groups is 1. The van der Waals surface area contributed by atoms with Gasteiger partial charge in [0.05, 0.1) is 29.6 Å². The molecule has 1 atom stereocenters. The molecule has 2 aliphatic rings. The number of aromatic nitrogens is 1. The van der Waals surface area contributed by atoms with E-state index in [1.165, 1.54) is 5.06 Å². The first-order valence-corrected chi connectivity index (χ1v) is 25.6. The number of carbonyl (C=O) groups excluding carboxylic acids is 3. The lowest BCUT2D eigenvalue weighted by Crippen LogP contribution is -2.62. The first-order chi connectivity index (χ1) is 36.0. The Kier molecular flexibility index (Phi) is 15.3. The monoisotopic (exact) mass is 984 g/mol. The number of nitrogens with zero attached hydrogens (tertiary/aromatic N) is 5. The zero-order valence-electron chi connectivity index (χ0n) is 42.9. The lowest BCUT2D eigenvalue weighted by Gasteiger charge is -2.57. The van der Waals surface area contributed by atoms with Crippen LogP contribution in [0, 0.1) is 0 Å². The quantitative estimate of drug-likeness (QED) is 0.0803. The number of benzene rings is 6. The number of amides is 3. The van der Waals surface area contributed by atoms with Gasteiger partial charge in [0.25, 0.3) is 11.8 Å². The highest BCUT2D eigenvalue weighted by Gasteiger charge is 2.56. The maximum absolute atomic E-state index is 15.4. The van der Waals surface area contributed by atoms with Gasteiger partial charge in [-0.3, -0.25) is 19.4 Å². The molecule has 6 aromatic carbocycles. The van der Waals surface area contributed by atoms with Crippen LogP contribution in [0.2, 0.25) is 0 Å². The fourth-order valence-electron chi connectivity index (χ4n) is 10.6. The zero-order chi connectivity index (χ0) is 51.7. The summed E-state index contributed by atoms with van der Waals surface area (Å²) in [6.45, 7) is 10.7. The van der Waals surface area contributed by atoms with E-state index in [4.69, 9.17) is 19.6 Å². The summed E-state index contributed by atoms with van der Waals surface area (Å²) < 4.78 is 5.55. The molecule has 7 aromatic rings. The number of fused-ring (bicyclic) bond motifs is 1. The molecule has 0 bridgehead atoms. The van der Waals surface area contributed by atoms with Gasteiger partial charge in [-0.05, 0) is 86.1 Å². The Morgan fingerprint density at radius 1 is 0.662 bits per heavy atom. The van der Waals surface area contributed by atoms with Crippen LogP contribution in [0.1, 0.15) is 103 Å². The summed E-state index contributed by atoms with van der Waals surface area (Å²) in [4.78, 5) is 64.0. The Bertz CT molecular complexity index is 2770. The smallest absolute Gasteiger partial charge is 0.407 e. The van der Waals surface area contributed by atoms with Crippen molar-refractivity contribution in [3.05, 3.63) is 244 Å². The maximum Gasteiger partial charge on any atom is 0.407 e. The second-order valence-corrected chi connectivity index (χ2v) is 19.7. The summed E-state index contributed by atoms with van der Waals surface area (Å²) in [6.07, 6.45) is 4.09. The SMILES string of the molecule is CCCN(OCC)C(=O)C1=Cc2ncc(C(=O)N3CCC(NC(=O)OC(C)(C)C)C3)cc2N=C(N(C(c2ccccc2)(c2ccccc2)c2ccccc2)C(c2ccccc2)(c2ccccc2)c2ccccc2)C1. The van der Waals surface area contributed by atoms with Crippen molar-refractivity contribution in [3.63, 3.8) is 0 Å². The third kappa shape index (κ3) is 10.3. The van der Waals surface area contributed by atoms with E-state index in [0.717, 1.165) is 33.4 Å². The highest BCUT2D eigenvalue weighted by atomic mass is 16.7. The van der Waals surface area contributed by atoms with Crippen molar-refractivity contribution in [2.24, 2.45) is 4.99 Å². The predicted octanol–water partition coefficient (Wildman–Crippen LogP) is 12.1. The molecule has 3 amide bonds. The first kappa shape index (κ1) is 50.8. The van der Waals surface area contributed by atoms with Gasteiger partial charge in [0, 0.05) is 37.8 Å². The largest absolute Gasteiger partial charge is 0.444 e. The Balaban J connectivity index is 1.38. The Labute approximate surface area is 435 Å². The molecule has 2 aliphatic heterocycles. The van der Waals surface area contributed by atoms with Crippen molar-refractivity contribution in [2.45, 2.75) is 76.6 Å². The third-order valence-electron chi connectivity index (χ3n) is 13.5. The van der Waals surface area contributed by atoms with Crippen molar-refractivity contribution in [1.82, 2.24) is 25.2 Å². The summed E-state index contributed by atoms with van der Waals surface area (Å²) >= 11 is 0. The predicted molar refractivity (Wildman–Crippen MR) is 291 cm³/mol. The molecule has 0 saturated carbocycles. The second kappa shape index (κ2) is 22.3. The van der Waals surface area contributed by atoms with Crippen LogP contribution in [0.3, 0.4) is 0 Å². The number of carbonyl (C=O) groups is 3. The second-order valence-electron chi connectivity index (χ2n) is 19.7. The van der Waals surface area contributed by atoms with Gasteiger partial charge < -0.3 is 19.9 Å². The van der Waals surface area contributed by atoms with Crippen molar-refractivity contribution >= 4 is 35.5 Å². The number of hydrogen-bond acceptors (Lipinski definition) is 8. The Morgan fingerprint density at radius 2 is 1.11 bits per heavy atom. The number of nitrogens with one attached hydrogen (secondary N) is 1. The lowest BCUT2D eigenvalue weighted by molar-refractivity contribution is -0.180. The summed E-state index contributed by atoms with van der Waals surface area (Å²) in [5.74, 6) is -0.0402. The number of ether oxygens (including phenoxy) is 1. The van der Waals surface area contributed by atoms with Gasteiger partial charge in [-0.1, -0.05) is 189 Å². The van der Waals surface area contributed by atoms with Crippen LogP contribution in [-0.2, 0) is 25.4 Å². The highest BCUT2D eigenvalue weighted by Crippen LogP contribution is 2.55. The van der Waals surface area contributed by atoms with Gasteiger partial charge in [-0.2, -0.15) is 0 Å². The number of pyridine rings is 1. The number of likely N-dealkylation sites (tertiary alicyclic amines) is 1. The Hall–Kier alpha value is -8.15. The van der Waals surface area contributed by atoms with E-state index >= 15 is 4.79 Å². The molecule has 1 saturated heterocycles. The van der Waals surface area contributed by atoms with E-state index in [1.54, 1.807) is 17.2 Å². The van der Waals surface area contributed by atoms with Crippen LogP contribution >= 0.6 is 0 Å². The van der Waals surface area contributed by atoms with Crippen molar-refractivity contribution < 1.29 is 24.0 Å². The lowest BCUT2D eigenvalue weighted by atomic mass is 9.67. The number of hydroxylamine groups is 2. The van der Waals surface area contributed by atoms with E-state index in [-0.39, 0.29) is 30.9 Å². The van der Waals surface area contributed by atoms with E-state index in [9.17, 15) is 9.59 Å². The Morgan fingerprint density at radius 3 is 1.51 bits per heavy atom. The number of rotatable bonds is 15. The molecule has 11 nitrogen and oxygen atoms in total. The van der Waals surface area contributed by atoms with E-state index in [1.807, 2.05) is 77.1 Å². The molecule has 0 spiro atoms. The van der Waals surface area contributed by atoms with E-state index in [0.29, 0.717) is 60.8 Å². The van der Waals surface area contributed by atoms with Crippen molar-refractivity contribution in [2.75, 3.05) is 26.2 Å². The van der Waals surface area contributed by atoms with E-state index in [2.05, 4.69) is 156 Å². The van der Waals surface area contributed by atoms with Crippen LogP contribution in [-0.4, -0.2) is 81.5 Å². The first-order valence-electron chi connectivity index (χ1n) is 25.6. The maximum atomic E-state index is 15.4. The fourth-order valence-corrected chi connectivity index (χ4v) is 10.6. The molecule has 1 N–H and O–H groups in total. The van der Waals surface area contributed by atoms with Crippen LogP contribution < -0.4 is 5.32 Å². The molecule has 3 heterocycles. The third-order valence-corrected chi connectivity index (χ3v) is 13.5. The fraction of sp³-hybridized carbons (Fsp3) is 0.254. The summed E-state index contributed by atoms with van der Waals surface area (Å²) in [5, 5.41) is 4.40. The molecule has 0 radical (unpaired) electrons. The van der Waals surface area contributed by atoms with Gasteiger partial charge >= 0.3 is 6.09 Å². The molecule has 1 unspecified atom stereocenters. The molecule has 9 rings (SSSR count). The molecular weight excluding hydrogens is 921 g/mol. The normalized spacial score (nSPS) is 14.7. The molecule has 1 aromatic heterocycles. The highest BCUT2D eigenvalue weighted by molar-refractivity contribution is 6.06. The van der Waals surface area contributed by atoms with Gasteiger partial charge in [0.15, 0.2) is 0 Å². The minimum absolute atomic E-state index is 0.0262. The zero-order valence-corrected chi connectivity index (χ0v) is 42.9. The average molecular weight is 985 g/mol. The van der Waals surface area contributed by atoms with Crippen molar-refractivity contribution in [3.8, 4) is 0 Å². The molecular formula is C63H64N6O5.